The van der Waals surface area contributed by atoms with Gasteiger partial charge in [-0.25, -0.2) is 0 Å². The first-order chi connectivity index (χ1) is 9.15. The molecule has 0 bridgehead atoms. The third-order valence-electron chi connectivity index (χ3n) is 4.03. The first-order valence-corrected chi connectivity index (χ1v) is 6.67. The molecule has 1 aliphatic heterocycles. The van der Waals surface area contributed by atoms with E-state index in [-0.39, 0.29) is 5.91 Å². The van der Waals surface area contributed by atoms with Crippen LogP contribution in [0.3, 0.4) is 0 Å². The van der Waals surface area contributed by atoms with Gasteiger partial charge in [-0.2, -0.15) is 0 Å². The van der Waals surface area contributed by atoms with Gasteiger partial charge >= 0.3 is 0 Å². The van der Waals surface area contributed by atoms with Crippen LogP contribution in [-0.2, 0) is 0 Å². The van der Waals surface area contributed by atoms with Crippen molar-refractivity contribution in [2.75, 3.05) is 27.2 Å². The highest BCUT2D eigenvalue weighted by Crippen LogP contribution is 2.20. The first kappa shape index (κ1) is 12.3. The Morgan fingerprint density at radius 3 is 2.89 bits per heavy atom. The van der Waals surface area contributed by atoms with E-state index in [9.17, 15) is 4.79 Å². The summed E-state index contributed by atoms with van der Waals surface area (Å²) in [5.41, 5.74) is 2.22. The molecule has 19 heavy (non-hydrogen) atoms. The van der Waals surface area contributed by atoms with Crippen molar-refractivity contribution >= 4 is 17.0 Å². The lowest BCUT2D eigenvalue weighted by Crippen LogP contribution is -2.44. The fraction of sp³-hybridized carbons (Fsp3) is 0.500. The maximum atomic E-state index is 12.4. The Labute approximate surface area is 112 Å². The number of piperidine rings is 1. The summed E-state index contributed by atoms with van der Waals surface area (Å²) in [5.74, 6) is 0.0425. The zero-order valence-electron chi connectivity index (χ0n) is 11.3. The second kappa shape index (κ2) is 4.74. The number of nitrogens with one attached hydrogen (secondary N) is 1. The molecule has 3 rings (SSSR count). The highest BCUT2D eigenvalue weighted by molar-refractivity contribution is 5.96. The molecule has 0 saturated carbocycles. The summed E-state index contributed by atoms with van der Waals surface area (Å²) in [7, 11) is 4.01. The summed E-state index contributed by atoms with van der Waals surface area (Å²) >= 11 is 0. The lowest BCUT2D eigenvalue weighted by atomic mass is 10.0. The molecule has 1 fully saturated rings. The molecule has 1 amide bonds. The van der Waals surface area contributed by atoms with Crippen molar-refractivity contribution in [1.29, 1.82) is 0 Å². The molecule has 1 N–H and O–H groups in total. The summed E-state index contributed by atoms with van der Waals surface area (Å²) in [4.78, 5) is 19.7. The van der Waals surface area contributed by atoms with Gasteiger partial charge in [0.1, 0.15) is 5.69 Å². The van der Waals surface area contributed by atoms with E-state index in [1.165, 1.54) is 0 Å². The van der Waals surface area contributed by atoms with Crippen molar-refractivity contribution in [1.82, 2.24) is 14.8 Å². The second-order valence-electron chi connectivity index (χ2n) is 5.33. The maximum absolute atomic E-state index is 12.4. The van der Waals surface area contributed by atoms with E-state index in [2.05, 4.69) is 16.9 Å². The largest absolute Gasteiger partial charge is 0.463 e. The maximum Gasteiger partial charge on any atom is 0.270 e. The van der Waals surface area contributed by atoms with Gasteiger partial charge in [0.2, 0.25) is 0 Å². The third kappa shape index (κ3) is 2.26. The van der Waals surface area contributed by atoms with E-state index in [0.29, 0.717) is 11.7 Å². The van der Waals surface area contributed by atoms with Crippen molar-refractivity contribution in [3.05, 3.63) is 24.1 Å². The number of aromatic nitrogens is 1. The van der Waals surface area contributed by atoms with Crippen LogP contribution in [0.4, 0.5) is 0 Å². The van der Waals surface area contributed by atoms with Gasteiger partial charge in [0.15, 0.2) is 5.58 Å². The van der Waals surface area contributed by atoms with E-state index < -0.39 is 0 Å². The Kier molecular flexibility index (Phi) is 3.06. The number of hydrogen-bond acceptors (Lipinski definition) is 3. The van der Waals surface area contributed by atoms with E-state index >= 15 is 0 Å². The van der Waals surface area contributed by atoms with Crippen LogP contribution in [0, 0.1) is 0 Å². The minimum Gasteiger partial charge on any atom is -0.463 e. The molecule has 0 radical (unpaired) electrons. The predicted molar refractivity (Wildman–Crippen MR) is 73.2 cm³/mol. The number of amides is 1. The van der Waals surface area contributed by atoms with E-state index in [4.69, 9.17) is 4.42 Å². The molecule has 0 spiro atoms. The summed E-state index contributed by atoms with van der Waals surface area (Å²) in [6, 6.07) is 3.95. The lowest BCUT2D eigenvalue weighted by Gasteiger charge is -2.34. The molecule has 102 valence electrons. The number of aromatic amines is 1. The molecule has 1 saturated heterocycles. The number of hydrogen-bond donors (Lipinski definition) is 1. The zero-order chi connectivity index (χ0) is 13.4. The summed E-state index contributed by atoms with van der Waals surface area (Å²) in [5, 5.41) is 0. The van der Waals surface area contributed by atoms with Crippen molar-refractivity contribution < 1.29 is 9.21 Å². The number of likely N-dealkylation sites (tertiary alicyclic amines) is 1. The average Bonchev–Trinajstić information content (AvgIpc) is 2.98. The van der Waals surface area contributed by atoms with E-state index in [0.717, 1.165) is 37.0 Å². The first-order valence-electron chi connectivity index (χ1n) is 6.67. The van der Waals surface area contributed by atoms with Crippen LogP contribution in [0.5, 0.6) is 0 Å². The lowest BCUT2D eigenvalue weighted by molar-refractivity contribution is 0.0654. The molecule has 0 atom stereocenters. The van der Waals surface area contributed by atoms with Crippen molar-refractivity contribution in [3.63, 3.8) is 0 Å². The Morgan fingerprint density at radius 1 is 1.47 bits per heavy atom. The minimum atomic E-state index is 0.0425. The quantitative estimate of drug-likeness (QED) is 0.898. The normalized spacial score (nSPS) is 18.0. The second-order valence-corrected chi connectivity index (χ2v) is 5.33. The number of H-pyrrole nitrogens is 1. The van der Waals surface area contributed by atoms with Crippen LogP contribution in [0.1, 0.15) is 23.3 Å². The standard InChI is InChI=1S/C14H19N3O2/c1-16-6-3-10(4-7-16)17(2)14(18)12-9-13-11(15-12)5-8-19-13/h5,8-10,15H,3-4,6-7H2,1-2H3. The summed E-state index contributed by atoms with van der Waals surface area (Å²) < 4.78 is 5.28. The Balaban J connectivity index is 1.74. The van der Waals surface area contributed by atoms with Crippen LogP contribution in [0.2, 0.25) is 0 Å². The van der Waals surface area contributed by atoms with Gasteiger partial charge in [0, 0.05) is 25.2 Å². The van der Waals surface area contributed by atoms with Crippen molar-refractivity contribution in [2.45, 2.75) is 18.9 Å². The minimum absolute atomic E-state index is 0.0425. The molecule has 5 nitrogen and oxygen atoms in total. The van der Waals surface area contributed by atoms with Gasteiger partial charge in [-0.3, -0.25) is 4.79 Å². The molecule has 2 aromatic heterocycles. The zero-order valence-corrected chi connectivity index (χ0v) is 11.3. The average molecular weight is 261 g/mol. The Bertz CT molecular complexity index is 550. The number of nitrogens with zero attached hydrogens (tertiary/aromatic N) is 2. The van der Waals surface area contributed by atoms with Crippen LogP contribution in [0.15, 0.2) is 22.8 Å². The van der Waals surface area contributed by atoms with Crippen molar-refractivity contribution in [2.24, 2.45) is 0 Å². The van der Waals surface area contributed by atoms with Gasteiger partial charge < -0.3 is 19.2 Å². The molecule has 1 aliphatic rings. The smallest absolute Gasteiger partial charge is 0.270 e. The molecule has 0 aromatic carbocycles. The molecular weight excluding hydrogens is 242 g/mol. The molecular formula is C14H19N3O2. The third-order valence-corrected chi connectivity index (χ3v) is 4.03. The Hall–Kier alpha value is -1.75. The number of carbonyl (C=O) groups is 1. The van der Waals surface area contributed by atoms with E-state index in [1.807, 2.05) is 18.0 Å². The van der Waals surface area contributed by atoms with Gasteiger partial charge in [0.25, 0.3) is 5.91 Å². The van der Waals surface area contributed by atoms with Gasteiger partial charge in [0.05, 0.1) is 11.8 Å². The number of furan rings is 1. The monoisotopic (exact) mass is 261 g/mol. The van der Waals surface area contributed by atoms with E-state index in [1.54, 1.807) is 12.3 Å². The fourth-order valence-electron chi connectivity index (χ4n) is 2.70. The highest BCUT2D eigenvalue weighted by atomic mass is 16.3. The number of rotatable bonds is 2. The van der Waals surface area contributed by atoms with Gasteiger partial charge in [-0.15, -0.1) is 0 Å². The van der Waals surface area contributed by atoms with Crippen LogP contribution >= 0.6 is 0 Å². The van der Waals surface area contributed by atoms with Crippen LogP contribution < -0.4 is 0 Å². The fourth-order valence-corrected chi connectivity index (χ4v) is 2.70. The topological polar surface area (TPSA) is 52.5 Å². The number of fused-ring (bicyclic) bond motifs is 1. The SMILES string of the molecule is CN1CCC(N(C)C(=O)c2cc3occc3[nH]2)CC1. The molecule has 3 heterocycles. The molecule has 5 heteroatoms. The predicted octanol–water partition coefficient (Wildman–Crippen LogP) is 1.93. The molecule has 2 aromatic rings. The van der Waals surface area contributed by atoms with Gasteiger partial charge in [-0.05, 0) is 33.0 Å². The number of carbonyl (C=O) groups excluding carboxylic acids is 1. The van der Waals surface area contributed by atoms with Gasteiger partial charge in [-0.1, -0.05) is 0 Å². The van der Waals surface area contributed by atoms with Crippen LogP contribution in [-0.4, -0.2) is 53.9 Å². The molecule has 0 aliphatic carbocycles. The Morgan fingerprint density at radius 2 is 2.21 bits per heavy atom. The van der Waals surface area contributed by atoms with Crippen LogP contribution in [0.25, 0.3) is 11.1 Å². The summed E-state index contributed by atoms with van der Waals surface area (Å²) in [6.45, 7) is 2.10. The summed E-state index contributed by atoms with van der Waals surface area (Å²) in [6.07, 6.45) is 3.70. The highest BCUT2D eigenvalue weighted by Gasteiger charge is 2.25. The molecule has 0 unspecified atom stereocenters. The van der Waals surface area contributed by atoms with Crippen molar-refractivity contribution in [3.8, 4) is 0 Å².